The van der Waals surface area contributed by atoms with Crippen LogP contribution in [0.2, 0.25) is 5.02 Å². The van der Waals surface area contributed by atoms with Gasteiger partial charge in [-0.1, -0.05) is 42.8 Å². The van der Waals surface area contributed by atoms with Crippen LogP contribution < -0.4 is 9.62 Å². The molecule has 0 saturated carbocycles. The first-order valence-electron chi connectivity index (χ1n) is 10.8. The van der Waals surface area contributed by atoms with Crippen LogP contribution in [-0.2, 0) is 27.7 Å². The number of halogens is 1. The second-order valence-electron chi connectivity index (χ2n) is 8.38. The zero-order valence-electron chi connectivity index (χ0n) is 18.6. The third-order valence-corrected chi connectivity index (χ3v) is 7.56. The number of anilines is 1. The lowest BCUT2D eigenvalue weighted by molar-refractivity contribution is -0.122. The van der Waals surface area contributed by atoms with E-state index in [0.717, 1.165) is 30.2 Å². The number of benzene rings is 2. The van der Waals surface area contributed by atoms with Crippen LogP contribution in [0, 0.1) is 6.92 Å². The molecule has 0 bridgehead atoms. The summed E-state index contributed by atoms with van der Waals surface area (Å²) in [6.07, 6.45) is 6.04. The molecule has 1 amide bonds. The molecule has 0 heterocycles. The van der Waals surface area contributed by atoms with Crippen molar-refractivity contribution in [1.29, 1.82) is 0 Å². The Hall–Kier alpha value is -2.05. The zero-order valence-corrected chi connectivity index (χ0v) is 20.2. The van der Waals surface area contributed by atoms with Crippen molar-refractivity contribution in [2.75, 3.05) is 10.6 Å². The van der Waals surface area contributed by atoms with Crippen molar-refractivity contribution in [2.24, 2.45) is 0 Å². The van der Waals surface area contributed by atoms with Crippen LogP contribution in [0.15, 0.2) is 36.4 Å². The Labute approximate surface area is 190 Å². The number of aryl methyl sites for hydroxylation is 3. The van der Waals surface area contributed by atoms with Crippen molar-refractivity contribution in [3.05, 3.63) is 63.7 Å². The van der Waals surface area contributed by atoms with Crippen molar-refractivity contribution in [3.8, 4) is 0 Å². The van der Waals surface area contributed by atoms with Gasteiger partial charge in [-0.05, 0) is 80.3 Å². The summed E-state index contributed by atoms with van der Waals surface area (Å²) in [7, 11) is -3.70. The SMILES string of the molecule is CC[C@@H](C(=O)N[C@H](C)c1ccc2c(c1)CCCC2)N(c1ccc(C)c(Cl)c1)S(C)(=O)=O. The van der Waals surface area contributed by atoms with Crippen LogP contribution in [0.1, 0.15) is 61.4 Å². The Kier molecular flexibility index (Phi) is 7.32. The molecule has 0 aliphatic heterocycles. The summed E-state index contributed by atoms with van der Waals surface area (Å²) < 4.78 is 26.5. The van der Waals surface area contributed by atoms with E-state index >= 15 is 0 Å². The molecule has 7 heteroatoms. The van der Waals surface area contributed by atoms with E-state index in [1.165, 1.54) is 28.3 Å². The number of hydrogen-bond donors (Lipinski definition) is 1. The topological polar surface area (TPSA) is 66.5 Å². The molecule has 2 aromatic carbocycles. The molecule has 1 N–H and O–H groups in total. The minimum absolute atomic E-state index is 0.225. The van der Waals surface area contributed by atoms with Crippen molar-refractivity contribution in [2.45, 2.75) is 65.0 Å². The van der Waals surface area contributed by atoms with Gasteiger partial charge in [0.05, 0.1) is 18.0 Å². The number of nitrogens with one attached hydrogen (secondary N) is 1. The highest BCUT2D eigenvalue weighted by Gasteiger charge is 2.32. The maximum Gasteiger partial charge on any atom is 0.244 e. The number of carbonyl (C=O) groups excluding carboxylic acids is 1. The van der Waals surface area contributed by atoms with Gasteiger partial charge in [0.25, 0.3) is 0 Å². The molecule has 0 saturated heterocycles. The summed E-state index contributed by atoms with van der Waals surface area (Å²) in [6, 6.07) is 10.3. The Bertz CT molecular complexity index is 1070. The normalized spacial score (nSPS) is 15.6. The van der Waals surface area contributed by atoms with Gasteiger partial charge in [0.2, 0.25) is 15.9 Å². The van der Waals surface area contributed by atoms with Crippen molar-refractivity contribution in [3.63, 3.8) is 0 Å². The standard InChI is InChI=1S/C24H31ClN2O3S/c1-5-23(27(31(4,29)30)21-13-10-16(2)22(25)15-21)24(28)26-17(3)19-12-11-18-8-6-7-9-20(18)14-19/h10-15,17,23H,5-9H2,1-4H3,(H,26,28)/t17-,23+/m1/s1. The van der Waals surface area contributed by atoms with E-state index in [4.69, 9.17) is 11.6 Å². The molecular weight excluding hydrogens is 432 g/mol. The van der Waals surface area contributed by atoms with Crippen LogP contribution in [0.4, 0.5) is 5.69 Å². The molecule has 0 fully saturated rings. The smallest absolute Gasteiger partial charge is 0.244 e. The van der Waals surface area contributed by atoms with Crippen LogP contribution in [-0.4, -0.2) is 26.6 Å². The zero-order chi connectivity index (χ0) is 22.8. The van der Waals surface area contributed by atoms with Crippen molar-refractivity contribution < 1.29 is 13.2 Å². The van der Waals surface area contributed by atoms with E-state index in [1.54, 1.807) is 18.2 Å². The first-order valence-corrected chi connectivity index (χ1v) is 13.0. The van der Waals surface area contributed by atoms with Gasteiger partial charge in [-0.2, -0.15) is 0 Å². The highest BCUT2D eigenvalue weighted by molar-refractivity contribution is 7.92. The molecule has 2 atom stereocenters. The minimum Gasteiger partial charge on any atom is -0.348 e. The molecule has 0 aromatic heterocycles. The summed E-state index contributed by atoms with van der Waals surface area (Å²) in [4.78, 5) is 13.2. The van der Waals surface area contributed by atoms with E-state index in [0.29, 0.717) is 17.1 Å². The number of carbonyl (C=O) groups is 1. The average molecular weight is 463 g/mol. The van der Waals surface area contributed by atoms with Gasteiger partial charge in [0.15, 0.2) is 0 Å². The fraction of sp³-hybridized carbons (Fsp3) is 0.458. The summed E-state index contributed by atoms with van der Waals surface area (Å²) in [5.41, 5.74) is 5.01. The van der Waals surface area contributed by atoms with E-state index in [-0.39, 0.29) is 11.9 Å². The average Bonchev–Trinajstić information content (AvgIpc) is 2.72. The lowest BCUT2D eigenvalue weighted by Gasteiger charge is -2.31. The van der Waals surface area contributed by atoms with Gasteiger partial charge in [-0.15, -0.1) is 0 Å². The highest BCUT2D eigenvalue weighted by atomic mass is 35.5. The number of amides is 1. The summed E-state index contributed by atoms with van der Waals surface area (Å²) in [5.74, 6) is -0.324. The van der Waals surface area contributed by atoms with Gasteiger partial charge in [-0.3, -0.25) is 9.10 Å². The van der Waals surface area contributed by atoms with Gasteiger partial charge in [0, 0.05) is 5.02 Å². The predicted octanol–water partition coefficient (Wildman–Crippen LogP) is 4.95. The molecule has 168 valence electrons. The van der Waals surface area contributed by atoms with Crippen LogP contribution in [0.3, 0.4) is 0 Å². The van der Waals surface area contributed by atoms with Gasteiger partial charge < -0.3 is 5.32 Å². The van der Waals surface area contributed by atoms with E-state index in [2.05, 4.69) is 23.5 Å². The van der Waals surface area contributed by atoms with E-state index in [1.807, 2.05) is 20.8 Å². The number of sulfonamides is 1. The van der Waals surface area contributed by atoms with E-state index in [9.17, 15) is 13.2 Å². The first kappa shape index (κ1) is 23.6. The molecule has 31 heavy (non-hydrogen) atoms. The van der Waals surface area contributed by atoms with Crippen LogP contribution in [0.25, 0.3) is 0 Å². The monoisotopic (exact) mass is 462 g/mol. The molecule has 0 spiro atoms. The van der Waals surface area contributed by atoms with Gasteiger partial charge in [0.1, 0.15) is 6.04 Å². The summed E-state index contributed by atoms with van der Waals surface area (Å²) >= 11 is 6.24. The third-order valence-electron chi connectivity index (χ3n) is 5.97. The fourth-order valence-electron chi connectivity index (χ4n) is 4.19. The third kappa shape index (κ3) is 5.42. The maximum absolute atomic E-state index is 13.2. The number of rotatable bonds is 7. The Morgan fingerprint density at radius 1 is 1.13 bits per heavy atom. The molecule has 2 aromatic rings. The molecule has 0 radical (unpaired) electrons. The number of hydrogen-bond acceptors (Lipinski definition) is 3. The molecular formula is C24H31ClN2O3S. The fourth-order valence-corrected chi connectivity index (χ4v) is 5.57. The van der Waals surface area contributed by atoms with Gasteiger partial charge in [-0.25, -0.2) is 8.42 Å². The minimum atomic E-state index is -3.70. The maximum atomic E-state index is 13.2. The molecule has 1 aliphatic rings. The Morgan fingerprint density at radius 3 is 2.42 bits per heavy atom. The summed E-state index contributed by atoms with van der Waals surface area (Å²) in [5, 5.41) is 3.49. The Morgan fingerprint density at radius 2 is 1.81 bits per heavy atom. The molecule has 3 rings (SSSR count). The summed E-state index contributed by atoms with van der Waals surface area (Å²) in [6.45, 7) is 5.59. The highest BCUT2D eigenvalue weighted by Crippen LogP contribution is 2.29. The molecule has 0 unspecified atom stereocenters. The van der Waals surface area contributed by atoms with Gasteiger partial charge >= 0.3 is 0 Å². The predicted molar refractivity (Wildman–Crippen MR) is 127 cm³/mol. The lowest BCUT2D eigenvalue weighted by Crippen LogP contribution is -2.49. The Balaban J connectivity index is 1.85. The quantitative estimate of drug-likeness (QED) is 0.633. The lowest BCUT2D eigenvalue weighted by atomic mass is 9.89. The van der Waals surface area contributed by atoms with Crippen LogP contribution >= 0.6 is 11.6 Å². The second kappa shape index (κ2) is 9.61. The molecule has 5 nitrogen and oxygen atoms in total. The largest absolute Gasteiger partial charge is 0.348 e. The number of nitrogens with zero attached hydrogens (tertiary/aromatic N) is 1. The van der Waals surface area contributed by atoms with Crippen molar-refractivity contribution >= 4 is 33.2 Å². The van der Waals surface area contributed by atoms with Crippen molar-refractivity contribution in [1.82, 2.24) is 5.32 Å². The molecule has 1 aliphatic carbocycles. The number of fused-ring (bicyclic) bond motifs is 1. The second-order valence-corrected chi connectivity index (χ2v) is 10.6. The first-order chi connectivity index (χ1) is 14.6. The van der Waals surface area contributed by atoms with E-state index < -0.39 is 16.1 Å². The van der Waals surface area contributed by atoms with Crippen LogP contribution in [0.5, 0.6) is 0 Å².